The van der Waals surface area contributed by atoms with E-state index in [-0.39, 0.29) is 11.7 Å². The molecular formula is C10H12ClNO2. The Labute approximate surface area is 87.7 Å². The van der Waals surface area contributed by atoms with Crippen LogP contribution in [-0.2, 0) is 4.79 Å². The van der Waals surface area contributed by atoms with Crippen molar-refractivity contribution in [3.63, 3.8) is 0 Å². The topological polar surface area (TPSA) is 49.3 Å². The number of aromatic hydroxyl groups is 1. The van der Waals surface area contributed by atoms with Gasteiger partial charge in [0.05, 0.1) is 0 Å². The van der Waals surface area contributed by atoms with Crippen LogP contribution < -0.4 is 5.32 Å². The van der Waals surface area contributed by atoms with E-state index in [0.717, 1.165) is 5.56 Å². The van der Waals surface area contributed by atoms with Crippen LogP contribution in [0.2, 0.25) is 0 Å². The monoisotopic (exact) mass is 213 g/mol. The number of carbonyl (C=O) groups excluding carboxylic acids is 1. The molecule has 4 heteroatoms. The van der Waals surface area contributed by atoms with E-state index in [9.17, 15) is 9.90 Å². The van der Waals surface area contributed by atoms with E-state index in [4.69, 9.17) is 11.6 Å². The molecule has 0 aliphatic heterocycles. The molecule has 0 heterocycles. The van der Waals surface area contributed by atoms with Gasteiger partial charge in [-0.3, -0.25) is 4.79 Å². The summed E-state index contributed by atoms with van der Waals surface area (Å²) in [5.41, 5.74) is 1.43. The van der Waals surface area contributed by atoms with Crippen LogP contribution in [-0.4, -0.2) is 16.4 Å². The second-order valence-corrected chi connectivity index (χ2v) is 3.82. The minimum Gasteiger partial charge on any atom is -0.508 e. The summed E-state index contributed by atoms with van der Waals surface area (Å²) in [6.07, 6.45) is 0. The van der Waals surface area contributed by atoms with Crippen LogP contribution in [0.15, 0.2) is 18.2 Å². The molecule has 1 rings (SSSR count). The van der Waals surface area contributed by atoms with E-state index in [2.05, 4.69) is 5.32 Å². The number of phenolic OH excluding ortho intramolecular Hbond substituents is 1. The molecule has 14 heavy (non-hydrogen) atoms. The van der Waals surface area contributed by atoms with E-state index < -0.39 is 5.38 Å². The molecule has 1 amide bonds. The van der Waals surface area contributed by atoms with E-state index in [0.29, 0.717) is 5.69 Å². The Bertz CT molecular complexity index is 330. The number of alkyl halides is 1. The van der Waals surface area contributed by atoms with Crippen molar-refractivity contribution in [2.45, 2.75) is 19.2 Å². The van der Waals surface area contributed by atoms with Crippen LogP contribution in [0, 0.1) is 6.92 Å². The highest BCUT2D eigenvalue weighted by atomic mass is 35.5. The average molecular weight is 214 g/mol. The first-order valence-electron chi connectivity index (χ1n) is 4.24. The number of anilines is 1. The Hall–Kier alpha value is -1.22. The molecule has 0 saturated carbocycles. The summed E-state index contributed by atoms with van der Waals surface area (Å²) >= 11 is 5.58. The number of aryl methyl sites for hydroxylation is 1. The molecule has 2 N–H and O–H groups in total. The second-order valence-electron chi connectivity index (χ2n) is 3.16. The number of benzene rings is 1. The standard InChI is InChI=1S/C10H12ClNO2/c1-6-3-8(5-9(13)4-6)12-10(14)7(2)11/h3-5,7,13H,1-2H3,(H,12,14). The van der Waals surface area contributed by atoms with Crippen molar-refractivity contribution in [2.75, 3.05) is 5.32 Å². The van der Waals surface area contributed by atoms with Gasteiger partial charge in [0.25, 0.3) is 0 Å². The van der Waals surface area contributed by atoms with Gasteiger partial charge in [0.15, 0.2) is 0 Å². The first kappa shape index (κ1) is 10.9. The Kier molecular flexibility index (Phi) is 3.36. The zero-order valence-corrected chi connectivity index (χ0v) is 8.80. The average Bonchev–Trinajstić information content (AvgIpc) is 2.01. The second kappa shape index (κ2) is 4.33. The van der Waals surface area contributed by atoms with Gasteiger partial charge < -0.3 is 10.4 Å². The highest BCUT2D eigenvalue weighted by Crippen LogP contribution is 2.19. The van der Waals surface area contributed by atoms with Crippen LogP contribution in [0.1, 0.15) is 12.5 Å². The van der Waals surface area contributed by atoms with Crippen molar-refractivity contribution in [1.29, 1.82) is 0 Å². The fourth-order valence-electron chi connectivity index (χ4n) is 1.08. The van der Waals surface area contributed by atoms with Crippen molar-refractivity contribution in [1.82, 2.24) is 0 Å². The van der Waals surface area contributed by atoms with Gasteiger partial charge >= 0.3 is 0 Å². The van der Waals surface area contributed by atoms with E-state index >= 15 is 0 Å². The Morgan fingerprint density at radius 3 is 2.64 bits per heavy atom. The third-order valence-electron chi connectivity index (χ3n) is 1.69. The lowest BCUT2D eigenvalue weighted by atomic mass is 10.2. The van der Waals surface area contributed by atoms with Crippen LogP contribution in [0.25, 0.3) is 0 Å². The number of rotatable bonds is 2. The maximum Gasteiger partial charge on any atom is 0.242 e. The lowest BCUT2D eigenvalue weighted by molar-refractivity contribution is -0.115. The largest absolute Gasteiger partial charge is 0.508 e. The molecular weight excluding hydrogens is 202 g/mol. The highest BCUT2D eigenvalue weighted by Gasteiger charge is 2.09. The first-order chi connectivity index (χ1) is 6.49. The van der Waals surface area contributed by atoms with Crippen LogP contribution in [0.4, 0.5) is 5.69 Å². The fourth-order valence-corrected chi connectivity index (χ4v) is 1.13. The summed E-state index contributed by atoms with van der Waals surface area (Å²) < 4.78 is 0. The van der Waals surface area contributed by atoms with Crippen LogP contribution in [0.5, 0.6) is 5.75 Å². The predicted octanol–water partition coefficient (Wildman–Crippen LogP) is 2.27. The minimum absolute atomic E-state index is 0.127. The number of hydrogen-bond acceptors (Lipinski definition) is 2. The highest BCUT2D eigenvalue weighted by molar-refractivity contribution is 6.32. The molecule has 0 bridgehead atoms. The molecule has 1 unspecified atom stereocenters. The van der Waals surface area contributed by atoms with Crippen molar-refractivity contribution >= 4 is 23.2 Å². The Morgan fingerprint density at radius 2 is 2.14 bits per heavy atom. The summed E-state index contributed by atoms with van der Waals surface area (Å²) in [5, 5.41) is 11.3. The molecule has 3 nitrogen and oxygen atoms in total. The summed E-state index contributed by atoms with van der Waals surface area (Å²) in [4.78, 5) is 11.2. The van der Waals surface area contributed by atoms with Crippen molar-refractivity contribution in [2.24, 2.45) is 0 Å². The molecule has 0 saturated heterocycles. The number of phenols is 1. The molecule has 1 atom stereocenters. The van der Waals surface area contributed by atoms with Gasteiger partial charge in [0.1, 0.15) is 11.1 Å². The van der Waals surface area contributed by atoms with Gasteiger partial charge in [0, 0.05) is 11.8 Å². The summed E-state index contributed by atoms with van der Waals surface area (Å²) in [5.74, 6) is -0.154. The molecule has 0 fully saturated rings. The molecule has 76 valence electrons. The third-order valence-corrected chi connectivity index (χ3v) is 1.89. The van der Waals surface area contributed by atoms with E-state index in [1.165, 1.54) is 6.07 Å². The number of carbonyl (C=O) groups is 1. The number of nitrogens with one attached hydrogen (secondary N) is 1. The molecule has 0 aromatic heterocycles. The normalized spacial score (nSPS) is 12.2. The van der Waals surface area contributed by atoms with Crippen molar-refractivity contribution in [3.8, 4) is 5.75 Å². The lowest BCUT2D eigenvalue weighted by Gasteiger charge is -2.07. The number of amides is 1. The van der Waals surface area contributed by atoms with Crippen LogP contribution in [0.3, 0.4) is 0 Å². The zero-order chi connectivity index (χ0) is 10.7. The molecule has 1 aromatic carbocycles. The lowest BCUT2D eigenvalue weighted by Crippen LogP contribution is -2.20. The SMILES string of the molecule is Cc1cc(O)cc(NC(=O)C(C)Cl)c1. The molecule has 0 spiro atoms. The van der Waals surface area contributed by atoms with Gasteiger partial charge in [0.2, 0.25) is 5.91 Å². The van der Waals surface area contributed by atoms with E-state index in [1.807, 2.05) is 6.92 Å². The minimum atomic E-state index is -0.586. The zero-order valence-electron chi connectivity index (χ0n) is 8.04. The Morgan fingerprint density at radius 1 is 1.50 bits per heavy atom. The third kappa shape index (κ3) is 2.92. The number of hydrogen-bond donors (Lipinski definition) is 2. The van der Waals surface area contributed by atoms with Gasteiger partial charge in [-0.1, -0.05) is 0 Å². The molecule has 0 aliphatic carbocycles. The Balaban J connectivity index is 2.82. The van der Waals surface area contributed by atoms with Gasteiger partial charge in [-0.15, -0.1) is 11.6 Å². The predicted molar refractivity (Wildman–Crippen MR) is 56.8 cm³/mol. The maximum atomic E-state index is 11.2. The maximum absolute atomic E-state index is 11.2. The van der Waals surface area contributed by atoms with Crippen LogP contribution >= 0.6 is 11.6 Å². The van der Waals surface area contributed by atoms with Gasteiger partial charge in [-0.25, -0.2) is 0 Å². The van der Waals surface area contributed by atoms with Gasteiger partial charge in [-0.2, -0.15) is 0 Å². The van der Waals surface area contributed by atoms with Gasteiger partial charge in [-0.05, 0) is 31.5 Å². The molecule has 1 aromatic rings. The smallest absolute Gasteiger partial charge is 0.242 e. The number of halogens is 1. The molecule has 0 aliphatic rings. The summed E-state index contributed by atoms with van der Waals surface area (Å²) in [7, 11) is 0. The van der Waals surface area contributed by atoms with E-state index in [1.54, 1.807) is 19.1 Å². The first-order valence-corrected chi connectivity index (χ1v) is 4.68. The fraction of sp³-hybridized carbons (Fsp3) is 0.300. The van der Waals surface area contributed by atoms with Crippen molar-refractivity contribution in [3.05, 3.63) is 23.8 Å². The molecule has 0 radical (unpaired) electrons. The van der Waals surface area contributed by atoms with Crippen molar-refractivity contribution < 1.29 is 9.90 Å². The summed E-state index contributed by atoms with van der Waals surface area (Å²) in [6.45, 7) is 3.42. The quantitative estimate of drug-likeness (QED) is 0.741. The summed E-state index contributed by atoms with van der Waals surface area (Å²) in [6, 6.07) is 4.85.